The molecule has 29 heavy (non-hydrogen) atoms. The van der Waals surface area contributed by atoms with Crippen molar-refractivity contribution < 1.29 is 0 Å². The standard InChI is InChI=1S/C21H18N8/c1-14-25-12-18(27-14)16-6-19(28-5-4-24-20(28)7-16)17-11-26-29(13-17)21(2-3-22)8-15(9-21)10-23/h4-7,11-13,15H,2,8-9H2,1H3,(H,25,27). The fourth-order valence-corrected chi connectivity index (χ4v) is 4.19. The number of aromatic amines is 1. The molecule has 4 aromatic rings. The summed E-state index contributed by atoms with van der Waals surface area (Å²) in [6, 6.07) is 8.66. The Morgan fingerprint density at radius 2 is 2.07 bits per heavy atom. The minimum absolute atomic E-state index is 0.0108. The van der Waals surface area contributed by atoms with Crippen molar-refractivity contribution in [2.45, 2.75) is 31.7 Å². The third kappa shape index (κ3) is 2.69. The van der Waals surface area contributed by atoms with Gasteiger partial charge in [0.15, 0.2) is 0 Å². The Morgan fingerprint density at radius 1 is 1.21 bits per heavy atom. The van der Waals surface area contributed by atoms with Crippen LogP contribution in [0.2, 0.25) is 0 Å². The van der Waals surface area contributed by atoms with Crippen molar-refractivity contribution in [2.75, 3.05) is 0 Å². The summed E-state index contributed by atoms with van der Waals surface area (Å²) in [6.45, 7) is 1.92. The number of fused-ring (bicyclic) bond motifs is 1. The Bertz CT molecular complexity index is 1290. The molecular weight excluding hydrogens is 364 g/mol. The number of nitrogens with zero attached hydrogens (tertiary/aromatic N) is 7. The van der Waals surface area contributed by atoms with Crippen LogP contribution in [-0.4, -0.2) is 29.1 Å². The lowest BCUT2D eigenvalue weighted by atomic mass is 9.67. The van der Waals surface area contributed by atoms with Crippen molar-refractivity contribution in [3.63, 3.8) is 0 Å². The lowest BCUT2D eigenvalue weighted by Gasteiger charge is -2.43. The van der Waals surface area contributed by atoms with E-state index in [0.717, 1.165) is 34.0 Å². The molecule has 0 spiro atoms. The fraction of sp³-hybridized carbons (Fsp3) is 0.286. The molecule has 8 heteroatoms. The predicted molar refractivity (Wildman–Crippen MR) is 105 cm³/mol. The molecule has 0 bridgehead atoms. The number of H-pyrrole nitrogens is 1. The Kier molecular flexibility index (Phi) is 3.75. The summed E-state index contributed by atoms with van der Waals surface area (Å²) in [5.41, 5.74) is 4.25. The number of nitrogens with one attached hydrogen (secondary N) is 1. The lowest BCUT2D eigenvalue weighted by Crippen LogP contribution is -2.46. The van der Waals surface area contributed by atoms with E-state index in [1.54, 1.807) is 6.20 Å². The third-order valence-corrected chi connectivity index (χ3v) is 5.73. The summed E-state index contributed by atoms with van der Waals surface area (Å²) < 4.78 is 3.89. The van der Waals surface area contributed by atoms with E-state index in [0.29, 0.717) is 19.3 Å². The lowest BCUT2D eigenvalue weighted by molar-refractivity contribution is 0.0882. The number of rotatable bonds is 4. The van der Waals surface area contributed by atoms with Gasteiger partial charge in [-0.2, -0.15) is 15.6 Å². The van der Waals surface area contributed by atoms with Crippen LogP contribution in [0.25, 0.3) is 28.2 Å². The van der Waals surface area contributed by atoms with Crippen LogP contribution in [0, 0.1) is 35.5 Å². The maximum atomic E-state index is 9.29. The molecule has 1 aliphatic rings. The zero-order valence-electron chi connectivity index (χ0n) is 15.9. The van der Waals surface area contributed by atoms with Crippen LogP contribution in [0.5, 0.6) is 0 Å². The van der Waals surface area contributed by atoms with Crippen molar-refractivity contribution in [1.82, 2.24) is 29.1 Å². The summed E-state index contributed by atoms with van der Waals surface area (Å²) in [5, 5.41) is 23.0. The van der Waals surface area contributed by atoms with Crippen LogP contribution in [-0.2, 0) is 5.54 Å². The highest BCUT2D eigenvalue weighted by Crippen LogP contribution is 2.46. The third-order valence-electron chi connectivity index (χ3n) is 5.73. The van der Waals surface area contributed by atoms with Crippen molar-refractivity contribution in [3.8, 4) is 34.7 Å². The molecule has 0 aliphatic heterocycles. The average molecular weight is 382 g/mol. The average Bonchev–Trinajstić information content (AvgIpc) is 3.43. The van der Waals surface area contributed by atoms with E-state index in [4.69, 9.17) is 0 Å². The van der Waals surface area contributed by atoms with Gasteiger partial charge in [0.1, 0.15) is 11.5 Å². The summed E-state index contributed by atoms with van der Waals surface area (Å²) in [4.78, 5) is 12.0. The van der Waals surface area contributed by atoms with Crippen LogP contribution in [0.3, 0.4) is 0 Å². The largest absolute Gasteiger partial charge is 0.342 e. The molecule has 1 fully saturated rings. The second-order valence-electron chi connectivity index (χ2n) is 7.63. The van der Waals surface area contributed by atoms with E-state index >= 15 is 0 Å². The van der Waals surface area contributed by atoms with Crippen LogP contribution in [0.4, 0.5) is 0 Å². The van der Waals surface area contributed by atoms with E-state index in [-0.39, 0.29) is 11.5 Å². The van der Waals surface area contributed by atoms with Crippen molar-refractivity contribution in [2.24, 2.45) is 5.92 Å². The van der Waals surface area contributed by atoms with E-state index in [9.17, 15) is 10.5 Å². The zero-order valence-corrected chi connectivity index (χ0v) is 15.9. The molecule has 0 aromatic carbocycles. The normalized spacial score (nSPS) is 20.9. The quantitative estimate of drug-likeness (QED) is 0.581. The highest BCUT2D eigenvalue weighted by Gasteiger charge is 2.46. The van der Waals surface area contributed by atoms with Crippen molar-refractivity contribution >= 4 is 5.65 Å². The summed E-state index contributed by atoms with van der Waals surface area (Å²) >= 11 is 0. The summed E-state index contributed by atoms with van der Waals surface area (Å²) in [7, 11) is 0. The zero-order chi connectivity index (χ0) is 20.0. The Balaban J connectivity index is 1.59. The topological polar surface area (TPSA) is 111 Å². The molecular formula is C21H18N8. The molecule has 1 aliphatic carbocycles. The maximum absolute atomic E-state index is 9.29. The van der Waals surface area contributed by atoms with Gasteiger partial charge in [0, 0.05) is 29.7 Å². The number of hydrogen-bond donors (Lipinski definition) is 1. The molecule has 1 N–H and O–H groups in total. The molecule has 4 aromatic heterocycles. The second-order valence-corrected chi connectivity index (χ2v) is 7.63. The number of imidazole rings is 2. The molecule has 0 radical (unpaired) electrons. The minimum Gasteiger partial charge on any atom is -0.342 e. The maximum Gasteiger partial charge on any atom is 0.137 e. The van der Waals surface area contributed by atoms with E-state index in [1.165, 1.54) is 0 Å². The summed E-state index contributed by atoms with van der Waals surface area (Å²) in [5.74, 6) is 0.844. The van der Waals surface area contributed by atoms with E-state index < -0.39 is 0 Å². The first-order valence-corrected chi connectivity index (χ1v) is 9.43. The Hall–Kier alpha value is -3.91. The van der Waals surface area contributed by atoms with Crippen molar-refractivity contribution in [1.29, 1.82) is 10.5 Å². The van der Waals surface area contributed by atoms with Gasteiger partial charge in [0.25, 0.3) is 0 Å². The van der Waals surface area contributed by atoms with Gasteiger partial charge < -0.3 is 4.98 Å². The first kappa shape index (κ1) is 17.2. The number of aromatic nitrogens is 6. The van der Waals surface area contributed by atoms with E-state index in [1.807, 2.05) is 46.9 Å². The molecule has 5 rings (SSSR count). The molecule has 142 valence electrons. The number of hydrogen-bond acceptors (Lipinski definition) is 5. The van der Waals surface area contributed by atoms with Gasteiger partial charge in [-0.1, -0.05) is 0 Å². The number of pyridine rings is 1. The van der Waals surface area contributed by atoms with Crippen LogP contribution < -0.4 is 0 Å². The van der Waals surface area contributed by atoms with Gasteiger partial charge in [0.2, 0.25) is 0 Å². The van der Waals surface area contributed by atoms with Gasteiger partial charge in [-0.15, -0.1) is 0 Å². The molecule has 4 heterocycles. The fourth-order valence-electron chi connectivity index (χ4n) is 4.19. The molecule has 1 saturated carbocycles. The van der Waals surface area contributed by atoms with Crippen LogP contribution in [0.15, 0.2) is 43.1 Å². The van der Waals surface area contributed by atoms with Crippen molar-refractivity contribution in [3.05, 3.63) is 48.9 Å². The number of nitriles is 2. The Labute approximate surface area is 167 Å². The van der Waals surface area contributed by atoms with Gasteiger partial charge in [-0.3, -0.25) is 9.08 Å². The van der Waals surface area contributed by atoms with Crippen LogP contribution >= 0.6 is 0 Å². The van der Waals surface area contributed by atoms with Gasteiger partial charge in [0.05, 0.1) is 53.8 Å². The van der Waals surface area contributed by atoms with E-state index in [2.05, 4.69) is 38.3 Å². The monoisotopic (exact) mass is 382 g/mol. The van der Waals surface area contributed by atoms with Gasteiger partial charge >= 0.3 is 0 Å². The van der Waals surface area contributed by atoms with Crippen LogP contribution in [0.1, 0.15) is 25.1 Å². The summed E-state index contributed by atoms with van der Waals surface area (Å²) in [6.07, 6.45) is 11.0. The number of aryl methyl sites for hydroxylation is 1. The molecule has 8 nitrogen and oxygen atoms in total. The molecule has 0 saturated heterocycles. The van der Waals surface area contributed by atoms with Gasteiger partial charge in [-0.05, 0) is 31.9 Å². The highest BCUT2D eigenvalue weighted by atomic mass is 15.3. The minimum atomic E-state index is -0.389. The first-order valence-electron chi connectivity index (χ1n) is 9.43. The molecule has 0 atom stereocenters. The SMILES string of the molecule is Cc1ncc(-c2cc(-c3cnn(C4(CC#N)CC(C#N)C4)c3)n3ccnc3c2)[nH]1. The Morgan fingerprint density at radius 3 is 2.79 bits per heavy atom. The second kappa shape index (κ2) is 6.32. The smallest absolute Gasteiger partial charge is 0.137 e. The molecule has 0 unspecified atom stereocenters. The molecule has 0 amide bonds. The highest BCUT2D eigenvalue weighted by molar-refractivity contribution is 5.73. The van der Waals surface area contributed by atoms with Gasteiger partial charge in [-0.25, -0.2) is 9.97 Å². The predicted octanol–water partition coefficient (Wildman–Crippen LogP) is 3.44. The first-order chi connectivity index (χ1) is 14.1.